The second kappa shape index (κ2) is 7.54. The lowest BCUT2D eigenvalue weighted by atomic mass is 10.3. The van der Waals surface area contributed by atoms with Gasteiger partial charge in [0.1, 0.15) is 6.04 Å². The number of hydrogen-bond donors (Lipinski definition) is 4. The molecule has 102 valence electrons. The second-order valence-corrected chi connectivity index (χ2v) is 4.79. The van der Waals surface area contributed by atoms with Crippen LogP contribution in [0, 0.1) is 0 Å². The Morgan fingerprint density at radius 3 is 2.28 bits per heavy atom. The van der Waals surface area contributed by atoms with E-state index in [2.05, 4.69) is 5.32 Å². The van der Waals surface area contributed by atoms with Crippen LogP contribution in [0.5, 0.6) is 0 Å². The molecule has 0 aliphatic rings. The van der Waals surface area contributed by atoms with Gasteiger partial charge in [-0.25, -0.2) is 9.59 Å². The third-order valence-electron chi connectivity index (χ3n) is 1.80. The molecule has 0 saturated heterocycles. The predicted molar refractivity (Wildman–Crippen MR) is 64.9 cm³/mol. The molecule has 0 heterocycles. The molecule has 8 nitrogen and oxygen atoms in total. The van der Waals surface area contributed by atoms with E-state index in [1.54, 1.807) is 0 Å². The molecule has 18 heavy (non-hydrogen) atoms. The summed E-state index contributed by atoms with van der Waals surface area (Å²) in [5.74, 6) is -2.28. The third kappa shape index (κ3) is 6.74. The molecular weight excluding hydrogens is 262 g/mol. The Morgan fingerprint density at radius 1 is 1.33 bits per heavy atom. The number of primary amides is 1. The van der Waals surface area contributed by atoms with Crippen LogP contribution in [0.1, 0.15) is 13.8 Å². The van der Waals surface area contributed by atoms with E-state index in [0.29, 0.717) is 0 Å². The van der Waals surface area contributed by atoms with E-state index in [4.69, 9.17) is 10.8 Å². The molecule has 0 aromatic rings. The average Bonchev–Trinajstić information content (AvgIpc) is 2.21. The van der Waals surface area contributed by atoms with Gasteiger partial charge in [-0.3, -0.25) is 14.9 Å². The van der Waals surface area contributed by atoms with Crippen molar-refractivity contribution in [3.63, 3.8) is 0 Å². The maximum absolute atomic E-state index is 11.3. The number of hydrogen-bond acceptors (Lipinski definition) is 5. The molecule has 0 saturated carbocycles. The molecule has 0 spiro atoms. The van der Waals surface area contributed by atoms with Crippen molar-refractivity contribution in [2.45, 2.75) is 25.1 Å². The Balaban J connectivity index is 4.26. The van der Waals surface area contributed by atoms with Gasteiger partial charge in [-0.2, -0.15) is 0 Å². The Bertz CT molecular complexity index is 360. The van der Waals surface area contributed by atoms with E-state index >= 15 is 0 Å². The van der Waals surface area contributed by atoms with Crippen molar-refractivity contribution in [3.05, 3.63) is 0 Å². The number of amides is 4. The van der Waals surface area contributed by atoms with Crippen molar-refractivity contribution in [2.24, 2.45) is 5.73 Å². The first kappa shape index (κ1) is 16.2. The van der Waals surface area contributed by atoms with Crippen LogP contribution in [0.4, 0.5) is 4.79 Å². The molecule has 0 fully saturated rings. The summed E-state index contributed by atoms with van der Waals surface area (Å²) in [7, 11) is 0. The number of nitrogens with one attached hydrogen (secondary N) is 2. The first-order valence-electron chi connectivity index (χ1n) is 4.95. The highest BCUT2D eigenvalue weighted by atomic mass is 32.2. The molecular formula is C9H15N3O5S. The molecule has 2 unspecified atom stereocenters. The zero-order chi connectivity index (χ0) is 14.3. The highest BCUT2D eigenvalue weighted by molar-refractivity contribution is 8.00. The van der Waals surface area contributed by atoms with Crippen LogP contribution >= 0.6 is 11.8 Å². The standard InChI is InChI=1S/C9H15N3O5S/c1-4(7(14)12-9(10)17)18-3-6(8(15)16)11-5(2)13/h4,6H,3H2,1-2H3,(H,11,13)(H,15,16)(H3,10,12,14,17). The number of carboxylic acids is 1. The summed E-state index contributed by atoms with van der Waals surface area (Å²) in [4.78, 5) is 43.3. The fraction of sp³-hybridized carbons (Fsp3) is 0.556. The lowest BCUT2D eigenvalue weighted by Crippen LogP contribution is -2.43. The Labute approximate surface area is 108 Å². The molecule has 4 amide bonds. The number of carboxylic acid groups (broad SMARTS) is 1. The van der Waals surface area contributed by atoms with Gasteiger partial charge in [-0.1, -0.05) is 0 Å². The van der Waals surface area contributed by atoms with E-state index in [1.165, 1.54) is 13.8 Å². The summed E-state index contributed by atoms with van der Waals surface area (Å²) in [6.45, 7) is 2.69. The molecule has 5 N–H and O–H groups in total. The van der Waals surface area contributed by atoms with Gasteiger partial charge in [0.25, 0.3) is 0 Å². The number of aliphatic carboxylic acids is 1. The van der Waals surface area contributed by atoms with Gasteiger partial charge < -0.3 is 16.2 Å². The maximum atomic E-state index is 11.3. The lowest BCUT2D eigenvalue weighted by molar-refractivity contribution is -0.140. The fourth-order valence-electron chi connectivity index (χ4n) is 0.959. The highest BCUT2D eigenvalue weighted by Crippen LogP contribution is 2.12. The number of thioether (sulfide) groups is 1. The van der Waals surface area contributed by atoms with Gasteiger partial charge in [0.05, 0.1) is 5.25 Å². The van der Waals surface area contributed by atoms with Crippen LogP contribution in [0.25, 0.3) is 0 Å². The number of imide groups is 1. The molecule has 0 bridgehead atoms. The minimum absolute atomic E-state index is 0.00224. The monoisotopic (exact) mass is 277 g/mol. The van der Waals surface area contributed by atoms with Crippen LogP contribution in [0.15, 0.2) is 0 Å². The predicted octanol–water partition coefficient (Wildman–Crippen LogP) is -1.11. The van der Waals surface area contributed by atoms with Crippen LogP contribution in [-0.4, -0.2) is 46.0 Å². The third-order valence-corrected chi connectivity index (χ3v) is 3.04. The van der Waals surface area contributed by atoms with Crippen molar-refractivity contribution in [2.75, 3.05) is 5.75 Å². The van der Waals surface area contributed by atoms with E-state index in [1.807, 2.05) is 5.32 Å². The number of rotatable bonds is 6. The van der Waals surface area contributed by atoms with Gasteiger partial charge >= 0.3 is 12.0 Å². The van der Waals surface area contributed by atoms with E-state index in [-0.39, 0.29) is 5.75 Å². The fourth-order valence-corrected chi connectivity index (χ4v) is 1.88. The van der Waals surface area contributed by atoms with E-state index < -0.39 is 35.1 Å². The molecule has 9 heteroatoms. The zero-order valence-corrected chi connectivity index (χ0v) is 10.7. The van der Waals surface area contributed by atoms with Crippen LogP contribution in [-0.2, 0) is 14.4 Å². The molecule has 0 aromatic carbocycles. The number of carbonyl (C=O) groups excluding carboxylic acids is 3. The van der Waals surface area contributed by atoms with Crippen molar-refractivity contribution >= 4 is 35.6 Å². The van der Waals surface area contributed by atoms with Crippen LogP contribution in [0.3, 0.4) is 0 Å². The topological polar surface area (TPSA) is 139 Å². The maximum Gasteiger partial charge on any atom is 0.327 e. The minimum Gasteiger partial charge on any atom is -0.480 e. The second-order valence-electron chi connectivity index (χ2n) is 3.42. The summed E-state index contributed by atoms with van der Waals surface area (Å²) in [5, 5.41) is 12.3. The van der Waals surface area contributed by atoms with Gasteiger partial charge in [-0.05, 0) is 6.92 Å². The Morgan fingerprint density at radius 2 is 1.89 bits per heavy atom. The first-order chi connectivity index (χ1) is 8.23. The quantitative estimate of drug-likeness (QED) is 0.485. The highest BCUT2D eigenvalue weighted by Gasteiger charge is 2.22. The molecule has 0 radical (unpaired) electrons. The smallest absolute Gasteiger partial charge is 0.327 e. The van der Waals surface area contributed by atoms with Gasteiger partial charge in [0.15, 0.2) is 0 Å². The number of carbonyl (C=O) groups is 4. The lowest BCUT2D eigenvalue weighted by Gasteiger charge is -2.15. The molecule has 0 aliphatic heterocycles. The summed E-state index contributed by atoms with van der Waals surface area (Å²) < 4.78 is 0. The SMILES string of the molecule is CC(=O)NC(CSC(C)C(=O)NC(N)=O)C(=O)O. The van der Waals surface area contributed by atoms with Crippen molar-refractivity contribution < 1.29 is 24.3 Å². The van der Waals surface area contributed by atoms with Gasteiger partial charge in [-0.15, -0.1) is 11.8 Å². The van der Waals surface area contributed by atoms with Crippen molar-refractivity contribution in [1.29, 1.82) is 0 Å². The number of nitrogens with two attached hydrogens (primary N) is 1. The van der Waals surface area contributed by atoms with Crippen molar-refractivity contribution in [1.82, 2.24) is 10.6 Å². The molecule has 2 atom stereocenters. The van der Waals surface area contributed by atoms with Crippen LogP contribution in [0.2, 0.25) is 0 Å². The Hall–Kier alpha value is -1.77. The summed E-state index contributed by atoms with van der Waals surface area (Å²) in [6.07, 6.45) is 0. The first-order valence-corrected chi connectivity index (χ1v) is 6.00. The van der Waals surface area contributed by atoms with Crippen molar-refractivity contribution in [3.8, 4) is 0 Å². The van der Waals surface area contributed by atoms with Gasteiger partial charge in [0.2, 0.25) is 11.8 Å². The minimum atomic E-state index is -1.19. The molecule has 0 aliphatic carbocycles. The molecule has 0 rings (SSSR count). The van der Waals surface area contributed by atoms with Crippen LogP contribution < -0.4 is 16.4 Å². The van der Waals surface area contributed by atoms with E-state index in [0.717, 1.165) is 11.8 Å². The summed E-state index contributed by atoms with van der Waals surface area (Å²) in [5.41, 5.74) is 4.77. The summed E-state index contributed by atoms with van der Waals surface area (Å²) in [6, 6.07) is -2.06. The zero-order valence-electron chi connectivity index (χ0n) is 9.93. The normalized spacial score (nSPS) is 13.2. The summed E-state index contributed by atoms with van der Waals surface area (Å²) >= 11 is 0.990. The Kier molecular flexibility index (Phi) is 6.79. The molecule has 0 aromatic heterocycles. The average molecular weight is 277 g/mol. The van der Waals surface area contributed by atoms with E-state index in [9.17, 15) is 19.2 Å². The number of urea groups is 1. The largest absolute Gasteiger partial charge is 0.480 e. The van der Waals surface area contributed by atoms with Gasteiger partial charge in [0, 0.05) is 12.7 Å².